The maximum absolute atomic E-state index is 5.86. The first-order valence-electron chi connectivity index (χ1n) is 7.76. The molecule has 0 saturated carbocycles. The zero-order chi connectivity index (χ0) is 14.9. The van der Waals surface area contributed by atoms with Gasteiger partial charge in [-0.15, -0.1) is 0 Å². The third-order valence-electron chi connectivity index (χ3n) is 3.20. The van der Waals surface area contributed by atoms with Gasteiger partial charge in [0.1, 0.15) is 11.5 Å². The Bertz CT molecular complexity index is 535. The second-order valence-electron chi connectivity index (χ2n) is 5.13. The fraction of sp³-hybridized carbons (Fsp3) is 0.368. The van der Waals surface area contributed by atoms with Gasteiger partial charge in [-0.05, 0) is 36.6 Å². The Labute approximate surface area is 127 Å². The lowest BCUT2D eigenvalue weighted by molar-refractivity contribution is 0.306. The van der Waals surface area contributed by atoms with E-state index in [1.807, 2.05) is 18.2 Å². The zero-order valence-corrected chi connectivity index (χ0v) is 13.0. The smallest absolute Gasteiger partial charge is 0.123 e. The van der Waals surface area contributed by atoms with Crippen LogP contribution in [-0.4, -0.2) is 13.2 Å². The van der Waals surface area contributed by atoms with Gasteiger partial charge < -0.3 is 9.47 Å². The summed E-state index contributed by atoms with van der Waals surface area (Å²) < 4.78 is 11.6. The van der Waals surface area contributed by atoms with Crippen molar-refractivity contribution in [3.8, 4) is 11.5 Å². The van der Waals surface area contributed by atoms with Crippen molar-refractivity contribution in [2.45, 2.75) is 33.1 Å². The topological polar surface area (TPSA) is 18.5 Å². The van der Waals surface area contributed by atoms with Gasteiger partial charge in [0.25, 0.3) is 0 Å². The SMILES string of the molecule is CCCOc1ccc(OCCC)c(Cc2ccccc2)c1. The molecule has 0 atom stereocenters. The predicted molar refractivity (Wildman–Crippen MR) is 87.3 cm³/mol. The molecule has 2 aromatic carbocycles. The lowest BCUT2D eigenvalue weighted by atomic mass is 10.0. The number of hydrogen-bond donors (Lipinski definition) is 0. The molecule has 0 spiro atoms. The Morgan fingerprint density at radius 1 is 0.810 bits per heavy atom. The van der Waals surface area contributed by atoms with Crippen molar-refractivity contribution in [2.75, 3.05) is 13.2 Å². The molecule has 0 aromatic heterocycles. The van der Waals surface area contributed by atoms with E-state index in [9.17, 15) is 0 Å². The molecule has 2 aromatic rings. The monoisotopic (exact) mass is 284 g/mol. The van der Waals surface area contributed by atoms with Crippen molar-refractivity contribution in [3.05, 3.63) is 59.7 Å². The summed E-state index contributed by atoms with van der Waals surface area (Å²) in [4.78, 5) is 0. The highest BCUT2D eigenvalue weighted by Gasteiger charge is 2.07. The normalized spacial score (nSPS) is 10.4. The van der Waals surface area contributed by atoms with Crippen molar-refractivity contribution < 1.29 is 9.47 Å². The molecule has 21 heavy (non-hydrogen) atoms. The molecule has 2 rings (SSSR count). The van der Waals surface area contributed by atoms with Crippen LogP contribution < -0.4 is 9.47 Å². The highest BCUT2D eigenvalue weighted by atomic mass is 16.5. The van der Waals surface area contributed by atoms with Crippen LogP contribution >= 0.6 is 0 Å². The van der Waals surface area contributed by atoms with Gasteiger partial charge in [-0.2, -0.15) is 0 Å². The summed E-state index contributed by atoms with van der Waals surface area (Å²) in [5.74, 6) is 1.89. The summed E-state index contributed by atoms with van der Waals surface area (Å²) >= 11 is 0. The number of hydrogen-bond acceptors (Lipinski definition) is 2. The Morgan fingerprint density at radius 2 is 1.52 bits per heavy atom. The Kier molecular flexibility index (Phi) is 6.14. The molecular formula is C19H24O2. The number of ether oxygens (including phenoxy) is 2. The first-order chi connectivity index (χ1) is 10.3. The van der Waals surface area contributed by atoms with Crippen molar-refractivity contribution in [1.82, 2.24) is 0 Å². The van der Waals surface area contributed by atoms with Crippen LogP contribution in [0.1, 0.15) is 37.8 Å². The quantitative estimate of drug-likeness (QED) is 0.689. The van der Waals surface area contributed by atoms with Crippen LogP contribution in [0.5, 0.6) is 11.5 Å². The van der Waals surface area contributed by atoms with Gasteiger partial charge in [-0.25, -0.2) is 0 Å². The van der Waals surface area contributed by atoms with Crippen molar-refractivity contribution >= 4 is 0 Å². The van der Waals surface area contributed by atoms with Crippen molar-refractivity contribution in [1.29, 1.82) is 0 Å². The Morgan fingerprint density at radius 3 is 2.24 bits per heavy atom. The maximum atomic E-state index is 5.86. The molecule has 0 bridgehead atoms. The van der Waals surface area contributed by atoms with E-state index < -0.39 is 0 Å². The lowest BCUT2D eigenvalue weighted by Gasteiger charge is -2.13. The molecule has 0 amide bonds. The highest BCUT2D eigenvalue weighted by Crippen LogP contribution is 2.27. The average molecular weight is 284 g/mol. The summed E-state index contributed by atoms with van der Waals surface area (Å²) in [6.45, 7) is 5.73. The first-order valence-corrected chi connectivity index (χ1v) is 7.76. The standard InChI is InChI=1S/C19H24O2/c1-3-12-20-18-10-11-19(21-13-4-2)17(15-18)14-16-8-6-5-7-9-16/h5-11,15H,3-4,12-14H2,1-2H3. The van der Waals surface area contributed by atoms with E-state index in [1.165, 1.54) is 11.1 Å². The van der Waals surface area contributed by atoms with Gasteiger partial charge >= 0.3 is 0 Å². The van der Waals surface area contributed by atoms with E-state index in [0.29, 0.717) is 0 Å². The second-order valence-corrected chi connectivity index (χ2v) is 5.13. The van der Waals surface area contributed by atoms with Gasteiger partial charge in [0.2, 0.25) is 0 Å². The van der Waals surface area contributed by atoms with E-state index in [2.05, 4.69) is 44.2 Å². The van der Waals surface area contributed by atoms with Gasteiger partial charge in [0, 0.05) is 12.0 Å². The van der Waals surface area contributed by atoms with Crippen LogP contribution in [-0.2, 0) is 6.42 Å². The molecule has 0 heterocycles. The summed E-state index contributed by atoms with van der Waals surface area (Å²) in [6, 6.07) is 16.6. The Hall–Kier alpha value is -1.96. The molecule has 2 heteroatoms. The fourth-order valence-electron chi connectivity index (χ4n) is 2.17. The van der Waals surface area contributed by atoms with E-state index in [-0.39, 0.29) is 0 Å². The van der Waals surface area contributed by atoms with E-state index in [1.54, 1.807) is 0 Å². The third-order valence-corrected chi connectivity index (χ3v) is 3.20. The molecule has 0 aliphatic carbocycles. The summed E-state index contributed by atoms with van der Waals surface area (Å²) in [5, 5.41) is 0. The molecule has 0 aliphatic rings. The van der Waals surface area contributed by atoms with E-state index >= 15 is 0 Å². The largest absolute Gasteiger partial charge is 0.494 e. The van der Waals surface area contributed by atoms with Gasteiger partial charge in [0.05, 0.1) is 13.2 Å². The minimum atomic E-state index is 0.747. The summed E-state index contributed by atoms with van der Waals surface area (Å²) in [7, 11) is 0. The van der Waals surface area contributed by atoms with Crippen LogP contribution in [0.25, 0.3) is 0 Å². The molecule has 2 nitrogen and oxygen atoms in total. The number of benzene rings is 2. The van der Waals surface area contributed by atoms with Crippen LogP contribution in [0.3, 0.4) is 0 Å². The van der Waals surface area contributed by atoms with Crippen molar-refractivity contribution in [2.24, 2.45) is 0 Å². The lowest BCUT2D eigenvalue weighted by Crippen LogP contribution is -2.01. The fourth-order valence-corrected chi connectivity index (χ4v) is 2.17. The van der Waals surface area contributed by atoms with E-state index in [4.69, 9.17) is 9.47 Å². The maximum Gasteiger partial charge on any atom is 0.123 e. The van der Waals surface area contributed by atoms with Gasteiger partial charge in [-0.3, -0.25) is 0 Å². The molecule has 0 unspecified atom stereocenters. The zero-order valence-electron chi connectivity index (χ0n) is 13.0. The molecule has 0 saturated heterocycles. The minimum absolute atomic E-state index is 0.747. The van der Waals surface area contributed by atoms with Crippen LogP contribution in [0.15, 0.2) is 48.5 Å². The summed E-state index contributed by atoms with van der Waals surface area (Å²) in [5.41, 5.74) is 2.47. The van der Waals surface area contributed by atoms with E-state index in [0.717, 1.165) is 44.0 Å². The second kappa shape index (κ2) is 8.35. The third kappa shape index (κ3) is 4.82. The van der Waals surface area contributed by atoms with Crippen LogP contribution in [0, 0.1) is 0 Å². The molecule has 0 N–H and O–H groups in total. The summed E-state index contributed by atoms with van der Waals surface area (Å²) in [6.07, 6.45) is 2.89. The number of rotatable bonds is 8. The van der Waals surface area contributed by atoms with Crippen molar-refractivity contribution in [3.63, 3.8) is 0 Å². The molecule has 0 fully saturated rings. The van der Waals surface area contributed by atoms with Crippen LogP contribution in [0.2, 0.25) is 0 Å². The van der Waals surface area contributed by atoms with Crippen LogP contribution in [0.4, 0.5) is 0 Å². The predicted octanol–water partition coefficient (Wildman–Crippen LogP) is 4.86. The van der Waals surface area contributed by atoms with Gasteiger partial charge in [-0.1, -0.05) is 44.2 Å². The molecule has 0 aliphatic heterocycles. The highest BCUT2D eigenvalue weighted by molar-refractivity contribution is 5.43. The first kappa shape index (κ1) is 15.4. The molecule has 112 valence electrons. The average Bonchev–Trinajstić information content (AvgIpc) is 2.53. The minimum Gasteiger partial charge on any atom is -0.494 e. The molecular weight excluding hydrogens is 260 g/mol. The molecule has 0 radical (unpaired) electrons. The van der Waals surface area contributed by atoms with Gasteiger partial charge in [0.15, 0.2) is 0 Å². The Balaban J connectivity index is 2.20.